The normalized spacial score (nSPS) is 17.3. The fraction of sp³-hybridized carbons (Fsp3) is 0.385. The molecule has 7 rings (SSSR count). The number of nitro benzene ring substituents is 3. The van der Waals surface area contributed by atoms with Gasteiger partial charge in [-0.15, -0.1) is 0 Å². The Morgan fingerprint density at radius 2 is 0.964 bits per heavy atom. The van der Waals surface area contributed by atoms with Gasteiger partial charge in [0.25, 0.3) is 5.69 Å². The zero-order chi connectivity index (χ0) is 40.1. The van der Waals surface area contributed by atoms with Crippen LogP contribution in [0.3, 0.4) is 0 Å². The number of nitrogens with zero attached hydrogens (tertiary/aromatic N) is 5. The van der Waals surface area contributed by atoms with Gasteiger partial charge in [-0.05, 0) is 49.2 Å². The summed E-state index contributed by atoms with van der Waals surface area (Å²) in [5.41, 5.74) is 3.04. The van der Waals surface area contributed by atoms with E-state index in [0.717, 1.165) is 22.3 Å². The molecule has 0 amide bonds. The van der Waals surface area contributed by atoms with Crippen LogP contribution >= 0.6 is 0 Å². The van der Waals surface area contributed by atoms with Gasteiger partial charge in [-0.3, -0.25) is 40.1 Å². The molecule has 56 heavy (non-hydrogen) atoms. The Labute approximate surface area is 323 Å². The number of fused-ring (bicyclic) bond motifs is 8. The highest BCUT2D eigenvalue weighted by Crippen LogP contribution is 2.50. The summed E-state index contributed by atoms with van der Waals surface area (Å²) in [6.45, 7) is 9.54. The number of hydrogen-bond acceptors (Lipinski definition) is 14. The summed E-state index contributed by atoms with van der Waals surface area (Å²) in [6.07, 6.45) is 0. The van der Waals surface area contributed by atoms with E-state index >= 15 is 0 Å². The first-order valence-electron chi connectivity index (χ1n) is 18.0. The first-order chi connectivity index (χ1) is 26.9. The zero-order valence-corrected chi connectivity index (χ0v) is 31.9. The molecule has 1 fully saturated rings. The summed E-state index contributed by atoms with van der Waals surface area (Å²) < 4.78 is 30.8. The molecular weight excluding hydrogens is 728 g/mol. The van der Waals surface area contributed by atoms with Crippen molar-refractivity contribution in [3.05, 3.63) is 101 Å². The first-order valence-corrected chi connectivity index (χ1v) is 18.0. The number of non-ortho nitro benzene ring substituents is 1. The lowest BCUT2D eigenvalue weighted by Gasteiger charge is -2.28. The van der Waals surface area contributed by atoms with Crippen molar-refractivity contribution in [2.45, 2.75) is 26.9 Å². The molecule has 0 aliphatic carbocycles. The smallest absolute Gasteiger partial charge is 0.306 e. The van der Waals surface area contributed by atoms with Crippen molar-refractivity contribution < 1.29 is 38.5 Å². The van der Waals surface area contributed by atoms with Crippen LogP contribution in [-0.4, -0.2) is 98.5 Å². The molecule has 0 saturated carbocycles. The predicted molar refractivity (Wildman–Crippen MR) is 208 cm³/mol. The molecule has 17 heteroatoms. The molecule has 296 valence electrons. The van der Waals surface area contributed by atoms with E-state index in [4.69, 9.17) is 23.7 Å². The van der Waals surface area contributed by atoms with Gasteiger partial charge in [-0.25, -0.2) is 0 Å². The molecule has 3 heterocycles. The standard InChI is InChI=1S/C39H44N6O11/c1-24-14-26-22-41-6-10-55-12-8-42(9-13-56-11-7-41)23-27-15-25(2)17-31(38(27)53-4)33-19-28(18-32(39(33)54-5)30(16-24)37(26)52-3)40-36-34(44(48)49)20-29(43(46)47)21-35(36)45(50)51/h14-21,40H,6-13,22-23H2,1-5H3. The van der Waals surface area contributed by atoms with Gasteiger partial charge in [0.05, 0.1) is 74.7 Å². The number of nitro groups is 3. The van der Waals surface area contributed by atoms with Crippen molar-refractivity contribution in [2.75, 3.05) is 79.3 Å². The highest BCUT2D eigenvalue weighted by molar-refractivity contribution is 5.93. The van der Waals surface area contributed by atoms with E-state index < -0.39 is 37.5 Å². The van der Waals surface area contributed by atoms with E-state index in [9.17, 15) is 30.3 Å². The summed E-state index contributed by atoms with van der Waals surface area (Å²) in [4.78, 5) is 38.1. The molecule has 3 aliphatic rings. The number of nitrogens with one attached hydrogen (secondary N) is 1. The lowest BCUT2D eigenvalue weighted by atomic mass is 9.91. The highest BCUT2D eigenvalue weighted by atomic mass is 16.6. The molecule has 1 N–H and O–H groups in total. The molecular formula is C39H44N6O11. The molecule has 0 unspecified atom stereocenters. The third kappa shape index (κ3) is 8.50. The lowest BCUT2D eigenvalue weighted by molar-refractivity contribution is -0.401. The Kier molecular flexibility index (Phi) is 12.3. The van der Waals surface area contributed by atoms with Crippen LogP contribution in [0.2, 0.25) is 0 Å². The van der Waals surface area contributed by atoms with E-state index in [2.05, 4.69) is 15.1 Å². The second-order valence-electron chi connectivity index (χ2n) is 13.6. The maximum Gasteiger partial charge on any atom is 0.306 e. The van der Waals surface area contributed by atoms with Gasteiger partial charge < -0.3 is 29.0 Å². The number of ether oxygens (including phenoxy) is 5. The second-order valence-corrected chi connectivity index (χ2v) is 13.6. The quantitative estimate of drug-likeness (QED) is 0.145. The molecule has 0 atom stereocenters. The minimum atomic E-state index is -0.912. The molecule has 4 aromatic rings. The largest absolute Gasteiger partial charge is 0.496 e. The van der Waals surface area contributed by atoms with Gasteiger partial charge in [-0.1, -0.05) is 12.1 Å². The van der Waals surface area contributed by atoms with E-state index in [1.807, 2.05) is 38.1 Å². The number of anilines is 2. The van der Waals surface area contributed by atoms with E-state index in [1.165, 1.54) is 7.11 Å². The Balaban J connectivity index is 1.70. The first kappa shape index (κ1) is 39.8. The summed E-state index contributed by atoms with van der Waals surface area (Å²) in [6, 6.07) is 12.7. The number of hydrogen-bond donors (Lipinski definition) is 1. The molecule has 1 saturated heterocycles. The number of aryl methyl sites for hydroxylation is 2. The maximum atomic E-state index is 12.3. The fourth-order valence-corrected chi connectivity index (χ4v) is 7.40. The lowest BCUT2D eigenvalue weighted by Crippen LogP contribution is -2.35. The van der Waals surface area contributed by atoms with Crippen LogP contribution < -0.4 is 19.5 Å². The molecule has 8 bridgehead atoms. The van der Waals surface area contributed by atoms with Crippen LogP contribution in [-0.2, 0) is 22.6 Å². The maximum absolute atomic E-state index is 12.3. The monoisotopic (exact) mass is 772 g/mol. The van der Waals surface area contributed by atoms with Crippen LogP contribution in [0.25, 0.3) is 22.3 Å². The molecule has 4 aromatic carbocycles. The second kappa shape index (κ2) is 17.3. The van der Waals surface area contributed by atoms with Gasteiger partial charge in [0.1, 0.15) is 17.2 Å². The molecule has 0 spiro atoms. The van der Waals surface area contributed by atoms with Gasteiger partial charge in [0, 0.05) is 78.3 Å². The average Bonchev–Trinajstić information content (AvgIpc) is 3.15. The van der Waals surface area contributed by atoms with Crippen molar-refractivity contribution in [3.8, 4) is 39.5 Å². The van der Waals surface area contributed by atoms with Crippen molar-refractivity contribution in [1.82, 2.24) is 9.80 Å². The van der Waals surface area contributed by atoms with Crippen molar-refractivity contribution in [3.63, 3.8) is 0 Å². The minimum absolute atomic E-state index is 0.201. The number of methoxy groups -OCH3 is 3. The van der Waals surface area contributed by atoms with E-state index in [1.54, 1.807) is 26.4 Å². The predicted octanol–water partition coefficient (Wildman–Crippen LogP) is 6.80. The Morgan fingerprint density at radius 3 is 1.32 bits per heavy atom. The van der Waals surface area contributed by atoms with Crippen molar-refractivity contribution in [2.24, 2.45) is 0 Å². The third-order valence-electron chi connectivity index (χ3n) is 9.85. The molecule has 17 nitrogen and oxygen atoms in total. The minimum Gasteiger partial charge on any atom is -0.496 e. The third-order valence-corrected chi connectivity index (χ3v) is 9.85. The van der Waals surface area contributed by atoms with Crippen LogP contribution in [0.4, 0.5) is 28.4 Å². The average molecular weight is 773 g/mol. The van der Waals surface area contributed by atoms with Crippen LogP contribution in [0, 0.1) is 44.2 Å². The SMILES string of the molecule is COc1c2cc(C)cc1-c1cc(Nc3c([N+](=O)[O-])cc([N+](=O)[O-])cc3[N+](=O)[O-])cc(c1OC)-c1cc(C)cc(c1OC)CN1CCOCCN(CCOCC1)C2. The summed E-state index contributed by atoms with van der Waals surface area (Å²) in [5, 5.41) is 39.2. The van der Waals surface area contributed by atoms with E-state index in [0.29, 0.717) is 117 Å². The Bertz CT molecular complexity index is 2010. The van der Waals surface area contributed by atoms with Gasteiger partial charge >= 0.3 is 11.4 Å². The van der Waals surface area contributed by atoms with Crippen LogP contribution in [0.5, 0.6) is 17.2 Å². The Morgan fingerprint density at radius 1 is 0.571 bits per heavy atom. The van der Waals surface area contributed by atoms with Crippen LogP contribution in [0.1, 0.15) is 22.3 Å². The number of rotatable bonds is 8. The fourth-order valence-electron chi connectivity index (χ4n) is 7.40. The summed E-state index contributed by atoms with van der Waals surface area (Å²) in [7, 11) is 4.69. The Hall–Kier alpha value is -5.88. The molecule has 0 aromatic heterocycles. The topological polar surface area (TPSA) is 194 Å². The molecule has 0 radical (unpaired) electrons. The van der Waals surface area contributed by atoms with Crippen LogP contribution in [0.15, 0.2) is 48.5 Å². The molecule has 3 aliphatic heterocycles. The zero-order valence-electron chi connectivity index (χ0n) is 31.9. The van der Waals surface area contributed by atoms with Crippen molar-refractivity contribution in [1.29, 1.82) is 0 Å². The van der Waals surface area contributed by atoms with Gasteiger partial charge in [0.2, 0.25) is 0 Å². The van der Waals surface area contributed by atoms with E-state index in [-0.39, 0.29) is 5.69 Å². The summed E-state index contributed by atoms with van der Waals surface area (Å²) >= 11 is 0. The highest BCUT2D eigenvalue weighted by Gasteiger charge is 2.32. The number of benzene rings is 4. The van der Waals surface area contributed by atoms with Crippen molar-refractivity contribution >= 4 is 28.4 Å². The van der Waals surface area contributed by atoms with Gasteiger partial charge in [0.15, 0.2) is 5.69 Å². The summed E-state index contributed by atoms with van der Waals surface area (Å²) in [5.74, 6) is 1.52. The van der Waals surface area contributed by atoms with Gasteiger partial charge in [-0.2, -0.15) is 0 Å².